The minimum atomic E-state index is -0.514. The monoisotopic (exact) mass is 236 g/mol. The van der Waals surface area contributed by atoms with Crippen LogP contribution in [0.4, 0.5) is 4.39 Å². The van der Waals surface area contributed by atoms with E-state index >= 15 is 0 Å². The van der Waals surface area contributed by atoms with Crippen molar-refractivity contribution >= 4 is 17.6 Å². The first-order valence-corrected chi connectivity index (χ1v) is 5.62. The molecule has 1 heterocycles. The van der Waals surface area contributed by atoms with Gasteiger partial charge in [-0.1, -0.05) is 0 Å². The lowest BCUT2D eigenvalue weighted by molar-refractivity contribution is 0.112. The van der Waals surface area contributed by atoms with Gasteiger partial charge in [0.25, 0.3) is 0 Å². The van der Waals surface area contributed by atoms with Gasteiger partial charge in [0, 0.05) is 5.56 Å². The molecule has 0 fully saturated rings. The van der Waals surface area contributed by atoms with Gasteiger partial charge in [-0.25, -0.2) is 4.39 Å². The zero-order chi connectivity index (χ0) is 11.4. The van der Waals surface area contributed by atoms with Crippen LogP contribution in [0.5, 0.6) is 5.75 Å². The predicted molar refractivity (Wildman–Crippen MR) is 60.4 cm³/mol. The molecular weight excluding hydrogens is 227 g/mol. The zero-order valence-electron chi connectivity index (χ0n) is 8.35. The molecular formula is C12H9FO2S. The fourth-order valence-electron chi connectivity index (χ4n) is 1.24. The average Bonchev–Trinajstić information content (AvgIpc) is 2.80. The van der Waals surface area contributed by atoms with Gasteiger partial charge >= 0.3 is 0 Å². The van der Waals surface area contributed by atoms with Crippen LogP contribution >= 0.6 is 11.3 Å². The molecule has 0 unspecified atom stereocenters. The molecule has 0 aliphatic rings. The van der Waals surface area contributed by atoms with Crippen LogP contribution in [0, 0.1) is 5.82 Å². The molecule has 1 aromatic carbocycles. The third-order valence-electron chi connectivity index (χ3n) is 2.07. The van der Waals surface area contributed by atoms with Crippen molar-refractivity contribution in [3.63, 3.8) is 0 Å². The lowest BCUT2D eigenvalue weighted by atomic mass is 10.2. The van der Waals surface area contributed by atoms with E-state index in [1.54, 1.807) is 11.3 Å². The summed E-state index contributed by atoms with van der Waals surface area (Å²) in [5, 5.41) is 3.88. The number of carbonyl (C=O) groups is 1. The van der Waals surface area contributed by atoms with Gasteiger partial charge in [-0.2, -0.15) is 11.3 Å². The topological polar surface area (TPSA) is 26.3 Å². The van der Waals surface area contributed by atoms with E-state index in [4.69, 9.17) is 4.74 Å². The Balaban J connectivity index is 2.07. The number of hydrogen-bond donors (Lipinski definition) is 0. The second-order valence-corrected chi connectivity index (χ2v) is 4.01. The molecule has 1 aromatic heterocycles. The molecule has 2 rings (SSSR count). The summed E-state index contributed by atoms with van der Waals surface area (Å²) >= 11 is 1.56. The van der Waals surface area contributed by atoms with Crippen LogP contribution in [0.25, 0.3) is 0 Å². The van der Waals surface area contributed by atoms with Crippen molar-refractivity contribution in [3.8, 4) is 5.75 Å². The third kappa shape index (κ3) is 2.46. The van der Waals surface area contributed by atoms with E-state index in [1.807, 2.05) is 16.8 Å². The van der Waals surface area contributed by atoms with Crippen LogP contribution in [-0.4, -0.2) is 6.29 Å². The number of thiophene rings is 1. The molecule has 4 heteroatoms. The molecule has 0 atom stereocenters. The van der Waals surface area contributed by atoms with Gasteiger partial charge in [0.2, 0.25) is 0 Å². The standard InChI is InChI=1S/C12H9FO2S/c13-11-5-9(6-14)1-2-12(11)15-7-10-3-4-16-8-10/h1-6,8H,7H2. The van der Waals surface area contributed by atoms with E-state index in [2.05, 4.69) is 0 Å². The SMILES string of the molecule is O=Cc1ccc(OCc2ccsc2)c(F)c1. The maximum absolute atomic E-state index is 13.4. The number of aldehydes is 1. The van der Waals surface area contributed by atoms with Crippen molar-refractivity contribution in [2.24, 2.45) is 0 Å². The molecule has 0 aliphatic heterocycles. The summed E-state index contributed by atoms with van der Waals surface area (Å²) in [7, 11) is 0. The molecule has 2 nitrogen and oxygen atoms in total. The highest BCUT2D eigenvalue weighted by Crippen LogP contribution is 2.19. The first kappa shape index (κ1) is 10.8. The molecule has 82 valence electrons. The molecule has 0 aliphatic carbocycles. The molecule has 0 spiro atoms. The summed E-state index contributed by atoms with van der Waals surface area (Å²) < 4.78 is 18.7. The van der Waals surface area contributed by atoms with E-state index in [-0.39, 0.29) is 5.75 Å². The van der Waals surface area contributed by atoms with Crippen molar-refractivity contribution < 1.29 is 13.9 Å². The van der Waals surface area contributed by atoms with Gasteiger partial charge in [0.1, 0.15) is 12.9 Å². The minimum Gasteiger partial charge on any atom is -0.486 e. The third-order valence-corrected chi connectivity index (χ3v) is 2.80. The highest BCUT2D eigenvalue weighted by atomic mass is 32.1. The Bertz CT molecular complexity index is 480. The average molecular weight is 236 g/mol. The van der Waals surface area contributed by atoms with E-state index in [0.717, 1.165) is 11.6 Å². The first-order chi connectivity index (χ1) is 7.79. The molecule has 0 N–H and O–H groups in total. The maximum atomic E-state index is 13.4. The number of rotatable bonds is 4. The zero-order valence-corrected chi connectivity index (χ0v) is 9.17. The number of benzene rings is 1. The fourth-order valence-corrected chi connectivity index (χ4v) is 1.90. The van der Waals surface area contributed by atoms with Gasteiger partial charge < -0.3 is 4.74 Å². The maximum Gasteiger partial charge on any atom is 0.165 e. The van der Waals surface area contributed by atoms with Crippen LogP contribution in [0.1, 0.15) is 15.9 Å². The van der Waals surface area contributed by atoms with Crippen molar-refractivity contribution in [2.75, 3.05) is 0 Å². The normalized spacial score (nSPS) is 10.1. The quantitative estimate of drug-likeness (QED) is 0.761. The Hall–Kier alpha value is -1.68. The van der Waals surface area contributed by atoms with E-state index in [1.165, 1.54) is 12.1 Å². The van der Waals surface area contributed by atoms with Gasteiger partial charge in [0.05, 0.1) is 0 Å². The van der Waals surface area contributed by atoms with Crippen molar-refractivity contribution in [1.82, 2.24) is 0 Å². The molecule has 0 saturated heterocycles. The molecule has 0 saturated carbocycles. The summed E-state index contributed by atoms with van der Waals surface area (Å²) in [5.41, 5.74) is 1.31. The van der Waals surface area contributed by atoms with Gasteiger partial charge in [-0.3, -0.25) is 4.79 Å². The van der Waals surface area contributed by atoms with Crippen LogP contribution in [0.15, 0.2) is 35.0 Å². The number of ether oxygens (including phenoxy) is 1. The van der Waals surface area contributed by atoms with Crippen LogP contribution in [0.2, 0.25) is 0 Å². The lowest BCUT2D eigenvalue weighted by Gasteiger charge is -2.06. The number of halogens is 1. The van der Waals surface area contributed by atoms with Gasteiger partial charge in [-0.15, -0.1) is 0 Å². The summed E-state index contributed by atoms with van der Waals surface area (Å²) in [6.45, 7) is 0.334. The molecule has 0 amide bonds. The summed E-state index contributed by atoms with van der Waals surface area (Å²) in [6.07, 6.45) is 0.603. The van der Waals surface area contributed by atoms with Crippen molar-refractivity contribution in [2.45, 2.75) is 6.61 Å². The number of carbonyl (C=O) groups excluding carboxylic acids is 1. The Labute approximate surface area is 96.3 Å². The molecule has 2 aromatic rings. The minimum absolute atomic E-state index is 0.164. The Morgan fingerprint density at radius 1 is 1.38 bits per heavy atom. The fraction of sp³-hybridized carbons (Fsp3) is 0.0833. The lowest BCUT2D eigenvalue weighted by Crippen LogP contribution is -1.96. The van der Waals surface area contributed by atoms with Gasteiger partial charge in [-0.05, 0) is 40.6 Å². The summed E-state index contributed by atoms with van der Waals surface area (Å²) in [4.78, 5) is 10.4. The van der Waals surface area contributed by atoms with E-state index < -0.39 is 5.82 Å². The Morgan fingerprint density at radius 3 is 2.88 bits per heavy atom. The second kappa shape index (κ2) is 4.90. The highest BCUT2D eigenvalue weighted by Gasteiger charge is 2.04. The number of hydrogen-bond acceptors (Lipinski definition) is 3. The van der Waals surface area contributed by atoms with E-state index in [0.29, 0.717) is 18.5 Å². The van der Waals surface area contributed by atoms with Crippen molar-refractivity contribution in [1.29, 1.82) is 0 Å². The largest absolute Gasteiger partial charge is 0.486 e. The van der Waals surface area contributed by atoms with Crippen molar-refractivity contribution in [3.05, 3.63) is 52.0 Å². The van der Waals surface area contributed by atoms with Crippen LogP contribution < -0.4 is 4.74 Å². The molecule has 0 radical (unpaired) electrons. The molecule has 0 bridgehead atoms. The van der Waals surface area contributed by atoms with Crippen LogP contribution in [0.3, 0.4) is 0 Å². The highest BCUT2D eigenvalue weighted by molar-refractivity contribution is 7.07. The van der Waals surface area contributed by atoms with Crippen LogP contribution in [-0.2, 0) is 6.61 Å². The second-order valence-electron chi connectivity index (χ2n) is 3.23. The molecule has 16 heavy (non-hydrogen) atoms. The van der Waals surface area contributed by atoms with Gasteiger partial charge in [0.15, 0.2) is 11.6 Å². The Kier molecular flexibility index (Phi) is 3.31. The van der Waals surface area contributed by atoms with E-state index in [9.17, 15) is 9.18 Å². The smallest absolute Gasteiger partial charge is 0.165 e. The summed E-state index contributed by atoms with van der Waals surface area (Å²) in [5.74, 6) is -0.350. The predicted octanol–water partition coefficient (Wildman–Crippen LogP) is 3.28. The first-order valence-electron chi connectivity index (χ1n) is 4.68. The Morgan fingerprint density at radius 2 is 2.25 bits per heavy atom. The summed E-state index contributed by atoms with van der Waals surface area (Å²) in [6, 6.07) is 6.07.